The summed E-state index contributed by atoms with van der Waals surface area (Å²) in [6.07, 6.45) is 1.52. The van der Waals surface area contributed by atoms with E-state index in [0.29, 0.717) is 17.9 Å². The maximum atomic E-state index is 12.7. The van der Waals surface area contributed by atoms with E-state index in [1.807, 2.05) is 44.2 Å². The molecule has 26 heavy (non-hydrogen) atoms. The first kappa shape index (κ1) is 16.3. The molecule has 0 saturated heterocycles. The van der Waals surface area contributed by atoms with Crippen molar-refractivity contribution in [1.29, 1.82) is 0 Å². The first-order valence-corrected chi connectivity index (χ1v) is 8.31. The zero-order valence-corrected chi connectivity index (χ0v) is 14.7. The third kappa shape index (κ3) is 2.46. The van der Waals surface area contributed by atoms with Crippen LogP contribution >= 0.6 is 0 Å². The quantitative estimate of drug-likeness (QED) is 0.561. The van der Waals surface area contributed by atoms with E-state index in [1.54, 1.807) is 11.6 Å². The molecule has 0 aliphatic carbocycles. The molecule has 0 spiro atoms. The Morgan fingerprint density at radius 1 is 1.12 bits per heavy atom. The molecule has 0 N–H and O–H groups in total. The van der Waals surface area contributed by atoms with Gasteiger partial charge in [0.15, 0.2) is 16.8 Å². The lowest BCUT2D eigenvalue weighted by molar-refractivity contribution is 0.181. The van der Waals surface area contributed by atoms with E-state index < -0.39 is 0 Å². The van der Waals surface area contributed by atoms with Crippen molar-refractivity contribution in [3.8, 4) is 11.1 Å². The summed E-state index contributed by atoms with van der Waals surface area (Å²) in [5.41, 5.74) is 3.40. The zero-order chi connectivity index (χ0) is 18.3. The summed E-state index contributed by atoms with van der Waals surface area (Å²) in [6, 6.07) is 9.78. The summed E-state index contributed by atoms with van der Waals surface area (Å²) in [4.78, 5) is 17.1. The number of hydrogen-bond acceptors (Lipinski definition) is 6. The van der Waals surface area contributed by atoms with E-state index in [0.717, 1.165) is 16.8 Å². The van der Waals surface area contributed by atoms with Gasteiger partial charge in [-0.3, -0.25) is 9.36 Å². The van der Waals surface area contributed by atoms with Gasteiger partial charge in [0.2, 0.25) is 0 Å². The second kappa shape index (κ2) is 6.30. The highest BCUT2D eigenvalue weighted by Gasteiger charge is 2.20. The highest BCUT2D eigenvalue weighted by Crippen LogP contribution is 2.28. The smallest absolute Gasteiger partial charge is 0.283 e. The fraction of sp³-hybridized carbons (Fsp3) is 0.278. The van der Waals surface area contributed by atoms with Crippen LogP contribution in [0.1, 0.15) is 25.6 Å². The Morgan fingerprint density at radius 3 is 2.58 bits per heavy atom. The van der Waals surface area contributed by atoms with Gasteiger partial charge in [-0.1, -0.05) is 30.3 Å². The van der Waals surface area contributed by atoms with E-state index in [2.05, 4.69) is 20.3 Å². The number of benzene rings is 1. The van der Waals surface area contributed by atoms with E-state index in [9.17, 15) is 4.79 Å². The van der Waals surface area contributed by atoms with Crippen LogP contribution in [0.25, 0.3) is 27.9 Å². The third-order valence-corrected chi connectivity index (χ3v) is 4.23. The van der Waals surface area contributed by atoms with Crippen LogP contribution in [-0.4, -0.2) is 36.5 Å². The molecule has 8 heteroatoms. The molecule has 4 aromatic rings. The molecule has 0 atom stereocenters. The highest BCUT2D eigenvalue weighted by molar-refractivity contribution is 5.83. The van der Waals surface area contributed by atoms with Crippen LogP contribution in [0, 0.1) is 0 Å². The predicted molar refractivity (Wildman–Crippen MR) is 96.9 cm³/mol. The van der Waals surface area contributed by atoms with Gasteiger partial charge in [0.1, 0.15) is 6.33 Å². The van der Waals surface area contributed by atoms with E-state index in [4.69, 9.17) is 4.74 Å². The highest BCUT2D eigenvalue weighted by atomic mass is 16.5. The van der Waals surface area contributed by atoms with Crippen LogP contribution in [0.3, 0.4) is 0 Å². The minimum absolute atomic E-state index is 0.0153. The van der Waals surface area contributed by atoms with Gasteiger partial charge in [-0.05, 0) is 19.4 Å². The van der Waals surface area contributed by atoms with Crippen LogP contribution in [-0.2, 0) is 11.3 Å². The Labute approximate surface area is 149 Å². The summed E-state index contributed by atoms with van der Waals surface area (Å²) in [5.74, 6) is 0. The van der Waals surface area contributed by atoms with Crippen molar-refractivity contribution in [3.05, 3.63) is 52.7 Å². The molecule has 3 heterocycles. The molecule has 4 rings (SSSR count). The Bertz CT molecular complexity index is 1150. The average Bonchev–Trinajstić information content (AvgIpc) is 3.01. The second-order valence-electron chi connectivity index (χ2n) is 6.28. The van der Waals surface area contributed by atoms with E-state index >= 15 is 0 Å². The van der Waals surface area contributed by atoms with Gasteiger partial charge in [-0.2, -0.15) is 9.61 Å². The second-order valence-corrected chi connectivity index (χ2v) is 6.28. The lowest BCUT2D eigenvalue weighted by Crippen LogP contribution is -2.24. The molecular weight excluding hydrogens is 332 g/mol. The summed E-state index contributed by atoms with van der Waals surface area (Å²) < 4.78 is 8.40. The molecule has 0 unspecified atom stereocenters. The van der Waals surface area contributed by atoms with Gasteiger partial charge in [-0.25, -0.2) is 4.98 Å². The summed E-state index contributed by atoms with van der Waals surface area (Å²) in [6.45, 7) is 4.15. The largest absolute Gasteiger partial charge is 0.378 e. The molecule has 0 saturated carbocycles. The molecule has 0 aliphatic rings. The molecule has 0 amide bonds. The predicted octanol–water partition coefficient (Wildman–Crippen LogP) is 2.23. The molecule has 0 radical (unpaired) electrons. The topological polar surface area (TPSA) is 87.2 Å². The number of fused-ring (bicyclic) bond motifs is 3. The summed E-state index contributed by atoms with van der Waals surface area (Å²) in [5, 5.41) is 13.1. The fourth-order valence-electron chi connectivity index (χ4n) is 2.99. The maximum absolute atomic E-state index is 12.7. The van der Waals surface area contributed by atoms with Crippen molar-refractivity contribution in [3.63, 3.8) is 0 Å². The standard InChI is InChI=1S/C18H18N6O2/c1-11(2)23-10-19-17-15(18(23)25)20-21-16-14(12-7-5-4-6-8-12)13(9-26-3)22-24(16)17/h4-8,10-11H,9H2,1-3H3. The number of nitrogens with zero attached hydrogens (tertiary/aromatic N) is 6. The van der Waals surface area contributed by atoms with Gasteiger partial charge in [0, 0.05) is 13.2 Å². The van der Waals surface area contributed by atoms with Crippen molar-refractivity contribution in [1.82, 2.24) is 29.4 Å². The number of rotatable bonds is 4. The SMILES string of the molecule is COCc1nn2c(nnc3c(=O)n(C(C)C)cnc32)c1-c1ccccc1. The van der Waals surface area contributed by atoms with Crippen LogP contribution in [0.2, 0.25) is 0 Å². The number of methoxy groups -OCH3 is 1. The van der Waals surface area contributed by atoms with Crippen molar-refractivity contribution in [2.45, 2.75) is 26.5 Å². The molecular formula is C18H18N6O2. The number of ether oxygens (including phenoxy) is 1. The van der Waals surface area contributed by atoms with Crippen molar-refractivity contribution in [2.24, 2.45) is 0 Å². The first-order chi connectivity index (χ1) is 12.6. The monoisotopic (exact) mass is 350 g/mol. The van der Waals surface area contributed by atoms with Crippen LogP contribution in [0.15, 0.2) is 41.5 Å². The Balaban J connectivity index is 2.07. The van der Waals surface area contributed by atoms with Crippen molar-refractivity contribution < 1.29 is 4.74 Å². The molecule has 0 bridgehead atoms. The summed E-state index contributed by atoms with van der Waals surface area (Å²) >= 11 is 0. The zero-order valence-electron chi connectivity index (χ0n) is 14.7. The third-order valence-electron chi connectivity index (χ3n) is 4.23. The lowest BCUT2D eigenvalue weighted by atomic mass is 10.1. The lowest BCUT2D eigenvalue weighted by Gasteiger charge is -2.09. The minimum Gasteiger partial charge on any atom is -0.378 e. The van der Waals surface area contributed by atoms with Gasteiger partial charge < -0.3 is 4.74 Å². The van der Waals surface area contributed by atoms with Gasteiger partial charge in [-0.15, -0.1) is 10.2 Å². The van der Waals surface area contributed by atoms with E-state index in [1.165, 1.54) is 10.9 Å². The molecule has 1 aromatic carbocycles. The fourth-order valence-corrected chi connectivity index (χ4v) is 2.99. The number of hydrogen-bond donors (Lipinski definition) is 0. The van der Waals surface area contributed by atoms with Crippen molar-refractivity contribution in [2.75, 3.05) is 7.11 Å². The minimum atomic E-state index is -0.232. The Morgan fingerprint density at radius 2 is 1.88 bits per heavy atom. The Hall–Kier alpha value is -3.13. The molecule has 3 aromatic heterocycles. The molecule has 8 nitrogen and oxygen atoms in total. The Kier molecular flexibility index (Phi) is 3.96. The van der Waals surface area contributed by atoms with Crippen LogP contribution in [0.5, 0.6) is 0 Å². The van der Waals surface area contributed by atoms with Gasteiger partial charge in [0.25, 0.3) is 5.56 Å². The molecule has 132 valence electrons. The normalized spacial score (nSPS) is 11.7. The van der Waals surface area contributed by atoms with Gasteiger partial charge in [0.05, 0.1) is 17.9 Å². The molecule has 0 aliphatic heterocycles. The summed E-state index contributed by atoms with van der Waals surface area (Å²) in [7, 11) is 1.61. The van der Waals surface area contributed by atoms with Crippen LogP contribution < -0.4 is 5.56 Å². The van der Waals surface area contributed by atoms with Gasteiger partial charge >= 0.3 is 0 Å². The van der Waals surface area contributed by atoms with Crippen molar-refractivity contribution >= 4 is 16.8 Å². The van der Waals surface area contributed by atoms with E-state index in [-0.39, 0.29) is 17.1 Å². The number of aromatic nitrogens is 6. The molecule has 0 fully saturated rings. The average molecular weight is 350 g/mol. The van der Waals surface area contributed by atoms with Crippen LogP contribution in [0.4, 0.5) is 0 Å². The first-order valence-electron chi connectivity index (χ1n) is 8.31. The maximum Gasteiger partial charge on any atom is 0.283 e.